The average molecular weight is 474 g/mol. The van der Waals surface area contributed by atoms with Crippen LogP contribution in [0.2, 0.25) is 5.02 Å². The number of nitrogens with zero attached hydrogens (tertiary/aromatic N) is 3. The van der Waals surface area contributed by atoms with E-state index in [-0.39, 0.29) is 23.1 Å². The third-order valence-electron chi connectivity index (χ3n) is 5.52. The zero-order valence-corrected chi connectivity index (χ0v) is 20.0. The summed E-state index contributed by atoms with van der Waals surface area (Å²) in [6, 6.07) is 5.37. The maximum atomic E-state index is 12.8. The van der Waals surface area contributed by atoms with Crippen LogP contribution in [0.3, 0.4) is 0 Å². The second kappa shape index (κ2) is 10.6. The molecule has 1 amide bonds. The van der Waals surface area contributed by atoms with Gasteiger partial charge >= 0.3 is 11.9 Å². The molecule has 1 aromatic carbocycles. The van der Waals surface area contributed by atoms with Crippen LogP contribution in [0.25, 0.3) is 0 Å². The standard InChI is InChI=1S/C24H28ClN3O5/c1-16(2)22(29)27-14-12-26(13-15-27)21-18(25)9-7-10-19(21)28-11-6-5-8-17(23(30)32-3)20(28)24(31)33-4/h5-11,16H,12-15H2,1-4H3. The predicted octanol–water partition coefficient (Wildman–Crippen LogP) is 3.13. The van der Waals surface area contributed by atoms with Gasteiger partial charge in [0.25, 0.3) is 0 Å². The van der Waals surface area contributed by atoms with Crippen molar-refractivity contribution < 1.29 is 23.9 Å². The number of carbonyl (C=O) groups is 3. The van der Waals surface area contributed by atoms with Gasteiger partial charge in [0.15, 0.2) is 0 Å². The van der Waals surface area contributed by atoms with Crippen molar-refractivity contribution in [1.82, 2.24) is 4.90 Å². The van der Waals surface area contributed by atoms with Crippen molar-refractivity contribution in [2.75, 3.05) is 50.2 Å². The van der Waals surface area contributed by atoms with Crippen molar-refractivity contribution in [3.05, 3.63) is 58.9 Å². The molecule has 9 heteroatoms. The zero-order chi connectivity index (χ0) is 24.1. The molecule has 1 saturated heterocycles. The Hall–Kier alpha value is -3.26. The van der Waals surface area contributed by atoms with Crippen LogP contribution in [0, 0.1) is 5.92 Å². The van der Waals surface area contributed by atoms with E-state index in [0.717, 1.165) is 0 Å². The van der Waals surface area contributed by atoms with E-state index in [2.05, 4.69) is 4.90 Å². The van der Waals surface area contributed by atoms with Gasteiger partial charge in [-0.3, -0.25) is 4.79 Å². The van der Waals surface area contributed by atoms with Gasteiger partial charge in [0, 0.05) is 38.3 Å². The quantitative estimate of drug-likeness (QED) is 0.608. The molecule has 0 unspecified atom stereocenters. The number of halogens is 1. The first kappa shape index (κ1) is 24.4. The van der Waals surface area contributed by atoms with Crippen LogP contribution in [0.15, 0.2) is 53.9 Å². The molecule has 0 aromatic heterocycles. The minimum absolute atomic E-state index is 0.0199. The number of allylic oxidation sites excluding steroid dienone is 2. The van der Waals surface area contributed by atoms with E-state index in [1.165, 1.54) is 20.3 Å². The maximum absolute atomic E-state index is 12.8. The Morgan fingerprint density at radius 3 is 2.24 bits per heavy atom. The number of para-hydroxylation sites is 1. The zero-order valence-electron chi connectivity index (χ0n) is 19.2. The van der Waals surface area contributed by atoms with E-state index < -0.39 is 11.9 Å². The fraction of sp³-hybridized carbons (Fsp3) is 0.375. The minimum atomic E-state index is -0.690. The van der Waals surface area contributed by atoms with Crippen LogP contribution in [0.5, 0.6) is 0 Å². The fourth-order valence-corrected chi connectivity index (χ4v) is 4.17. The molecular formula is C24H28ClN3O5. The topological polar surface area (TPSA) is 79.4 Å². The van der Waals surface area contributed by atoms with Crippen LogP contribution in [-0.4, -0.2) is 63.1 Å². The number of methoxy groups -OCH3 is 2. The summed E-state index contributed by atoms with van der Waals surface area (Å²) in [5.74, 6) is -1.30. The summed E-state index contributed by atoms with van der Waals surface area (Å²) in [5.41, 5.74) is 1.39. The second-order valence-corrected chi connectivity index (χ2v) is 8.30. The highest BCUT2D eigenvalue weighted by molar-refractivity contribution is 6.34. The molecule has 0 radical (unpaired) electrons. The van der Waals surface area contributed by atoms with E-state index in [9.17, 15) is 14.4 Å². The van der Waals surface area contributed by atoms with Crippen LogP contribution in [-0.2, 0) is 23.9 Å². The number of piperazine rings is 1. The molecule has 33 heavy (non-hydrogen) atoms. The molecule has 2 aliphatic heterocycles. The summed E-state index contributed by atoms with van der Waals surface area (Å²) >= 11 is 6.65. The number of ether oxygens (including phenoxy) is 2. The Morgan fingerprint density at radius 2 is 1.64 bits per heavy atom. The Morgan fingerprint density at radius 1 is 0.970 bits per heavy atom. The number of hydrogen-bond acceptors (Lipinski definition) is 7. The molecule has 0 bridgehead atoms. The lowest BCUT2D eigenvalue weighted by molar-refractivity contribution is -0.139. The summed E-state index contributed by atoms with van der Waals surface area (Å²) in [7, 11) is 2.51. The highest BCUT2D eigenvalue weighted by atomic mass is 35.5. The largest absolute Gasteiger partial charge is 0.465 e. The number of rotatable bonds is 5. The van der Waals surface area contributed by atoms with Crippen LogP contribution < -0.4 is 9.80 Å². The lowest BCUT2D eigenvalue weighted by Gasteiger charge is -2.39. The molecule has 8 nitrogen and oxygen atoms in total. The second-order valence-electron chi connectivity index (χ2n) is 7.89. The predicted molar refractivity (Wildman–Crippen MR) is 127 cm³/mol. The van der Waals surface area contributed by atoms with E-state index in [4.69, 9.17) is 21.1 Å². The molecule has 0 saturated carbocycles. The molecule has 1 aromatic rings. The van der Waals surface area contributed by atoms with Gasteiger partial charge in [-0.2, -0.15) is 0 Å². The fourth-order valence-electron chi connectivity index (χ4n) is 3.88. The Bertz CT molecular complexity index is 1020. The molecule has 1 fully saturated rings. The first-order valence-corrected chi connectivity index (χ1v) is 11.0. The normalized spacial score (nSPS) is 16.2. The molecule has 2 aliphatic rings. The summed E-state index contributed by atoms with van der Waals surface area (Å²) in [5, 5.41) is 0.491. The van der Waals surface area contributed by atoms with Crippen molar-refractivity contribution in [3.8, 4) is 0 Å². The number of carbonyl (C=O) groups excluding carboxylic acids is 3. The summed E-state index contributed by atoms with van der Waals surface area (Å²) in [4.78, 5) is 43.2. The SMILES string of the molecule is COC(=O)C1=C(C(=O)OC)N(c2cccc(Cl)c2N2CCN(C(=O)C(C)C)CC2)C=CC=C1. The number of hydrogen-bond donors (Lipinski definition) is 0. The average Bonchev–Trinajstić information content (AvgIpc) is 3.05. The van der Waals surface area contributed by atoms with Gasteiger partial charge in [-0.1, -0.05) is 37.6 Å². The van der Waals surface area contributed by atoms with Crippen molar-refractivity contribution in [1.29, 1.82) is 0 Å². The Labute approximate surface area is 198 Å². The smallest absolute Gasteiger partial charge is 0.355 e. The van der Waals surface area contributed by atoms with E-state index in [1.807, 2.05) is 24.8 Å². The lowest BCUT2D eigenvalue weighted by Crippen LogP contribution is -2.50. The van der Waals surface area contributed by atoms with Crippen LogP contribution in [0.1, 0.15) is 13.8 Å². The molecule has 0 aliphatic carbocycles. The molecule has 0 spiro atoms. The van der Waals surface area contributed by atoms with Crippen molar-refractivity contribution in [3.63, 3.8) is 0 Å². The molecule has 176 valence electrons. The number of esters is 2. The third-order valence-corrected chi connectivity index (χ3v) is 5.82. The van der Waals surface area contributed by atoms with E-state index in [0.29, 0.717) is 42.6 Å². The van der Waals surface area contributed by atoms with E-state index >= 15 is 0 Å². The van der Waals surface area contributed by atoms with Crippen LogP contribution >= 0.6 is 11.6 Å². The highest BCUT2D eigenvalue weighted by Crippen LogP contribution is 2.40. The first-order valence-electron chi connectivity index (χ1n) is 10.7. The van der Waals surface area contributed by atoms with Crippen LogP contribution in [0.4, 0.5) is 11.4 Å². The van der Waals surface area contributed by atoms with Gasteiger partial charge < -0.3 is 24.2 Å². The van der Waals surface area contributed by atoms with Gasteiger partial charge in [0.05, 0.1) is 36.2 Å². The third kappa shape index (κ3) is 5.06. The van der Waals surface area contributed by atoms with Crippen molar-refractivity contribution >= 4 is 40.8 Å². The molecule has 0 atom stereocenters. The van der Waals surface area contributed by atoms with Gasteiger partial charge in [-0.05, 0) is 24.3 Å². The number of anilines is 2. The molecule has 2 heterocycles. The molecular weight excluding hydrogens is 446 g/mol. The highest BCUT2D eigenvalue weighted by Gasteiger charge is 2.31. The monoisotopic (exact) mass is 473 g/mol. The Balaban J connectivity index is 2.05. The van der Waals surface area contributed by atoms with Crippen molar-refractivity contribution in [2.24, 2.45) is 5.92 Å². The van der Waals surface area contributed by atoms with Crippen molar-refractivity contribution in [2.45, 2.75) is 13.8 Å². The number of amides is 1. The summed E-state index contributed by atoms with van der Waals surface area (Å²) < 4.78 is 9.89. The van der Waals surface area contributed by atoms with E-state index in [1.54, 1.807) is 35.4 Å². The molecule has 3 rings (SSSR count). The summed E-state index contributed by atoms with van der Waals surface area (Å²) in [6.45, 7) is 6.05. The van der Waals surface area contributed by atoms with Gasteiger partial charge in [-0.15, -0.1) is 0 Å². The Kier molecular flexibility index (Phi) is 7.81. The van der Waals surface area contributed by atoms with Gasteiger partial charge in [-0.25, -0.2) is 9.59 Å². The maximum Gasteiger partial charge on any atom is 0.355 e. The molecule has 0 N–H and O–H groups in total. The van der Waals surface area contributed by atoms with Gasteiger partial charge in [0.2, 0.25) is 5.91 Å². The minimum Gasteiger partial charge on any atom is -0.465 e. The van der Waals surface area contributed by atoms with Gasteiger partial charge in [0.1, 0.15) is 5.70 Å². The lowest BCUT2D eigenvalue weighted by atomic mass is 10.1. The summed E-state index contributed by atoms with van der Waals surface area (Å²) in [6.07, 6.45) is 6.54. The first-order chi connectivity index (χ1) is 15.8. The number of benzene rings is 1.